The highest BCUT2D eigenvalue weighted by molar-refractivity contribution is 5.80. The van der Waals surface area contributed by atoms with Gasteiger partial charge in [-0.1, -0.05) is 25.1 Å². The second-order valence-electron chi connectivity index (χ2n) is 6.19. The zero-order chi connectivity index (χ0) is 15.3. The molecule has 4 heteroatoms. The molecule has 1 unspecified atom stereocenters. The molecule has 4 nitrogen and oxygen atoms in total. The first-order chi connectivity index (χ1) is 10.0. The number of likely N-dealkylation sites (N-methyl/N-ethyl adjacent to an activating group) is 1. The average Bonchev–Trinajstić information content (AvgIpc) is 2.47. The van der Waals surface area contributed by atoms with Gasteiger partial charge < -0.3 is 14.4 Å². The molecular weight excluding hydrogens is 266 g/mol. The van der Waals surface area contributed by atoms with Crippen molar-refractivity contribution in [2.75, 3.05) is 26.8 Å². The summed E-state index contributed by atoms with van der Waals surface area (Å²) in [5.74, 6) is 0.746. The van der Waals surface area contributed by atoms with E-state index in [2.05, 4.69) is 6.92 Å². The van der Waals surface area contributed by atoms with E-state index in [1.54, 1.807) is 11.8 Å². The van der Waals surface area contributed by atoms with Crippen LogP contribution in [0.1, 0.15) is 26.7 Å². The average molecular weight is 291 g/mol. The number of para-hydroxylation sites is 1. The fraction of sp³-hybridized carbons (Fsp3) is 0.588. The van der Waals surface area contributed by atoms with Crippen LogP contribution in [0.4, 0.5) is 0 Å². The van der Waals surface area contributed by atoms with Gasteiger partial charge in [0.25, 0.3) is 5.91 Å². The highest BCUT2D eigenvalue weighted by atomic mass is 16.5. The standard InChI is InChI=1S/C17H25NO3/c1-14(21-15-7-5-4-6-8-15)16(19)18(3)13-17(2)9-11-20-12-10-17/h4-8,14H,9-13H2,1-3H3. The summed E-state index contributed by atoms with van der Waals surface area (Å²) >= 11 is 0. The normalized spacial score (nSPS) is 18.8. The lowest BCUT2D eigenvalue weighted by Gasteiger charge is -2.37. The van der Waals surface area contributed by atoms with Crippen LogP contribution in [-0.4, -0.2) is 43.7 Å². The van der Waals surface area contributed by atoms with Crippen molar-refractivity contribution in [1.82, 2.24) is 4.90 Å². The lowest BCUT2D eigenvalue weighted by Crippen LogP contribution is -2.45. The predicted molar refractivity (Wildman–Crippen MR) is 82.3 cm³/mol. The van der Waals surface area contributed by atoms with Crippen molar-refractivity contribution in [3.8, 4) is 5.75 Å². The van der Waals surface area contributed by atoms with E-state index in [0.29, 0.717) is 0 Å². The quantitative estimate of drug-likeness (QED) is 0.837. The van der Waals surface area contributed by atoms with Gasteiger partial charge in [0.15, 0.2) is 6.10 Å². The summed E-state index contributed by atoms with van der Waals surface area (Å²) in [5.41, 5.74) is 0.148. The summed E-state index contributed by atoms with van der Waals surface area (Å²) in [4.78, 5) is 14.2. The summed E-state index contributed by atoms with van der Waals surface area (Å²) in [6, 6.07) is 9.46. The van der Waals surface area contributed by atoms with Crippen molar-refractivity contribution in [2.24, 2.45) is 5.41 Å². The molecular formula is C17H25NO3. The van der Waals surface area contributed by atoms with Gasteiger partial charge in [0.1, 0.15) is 5.75 Å². The van der Waals surface area contributed by atoms with Crippen LogP contribution >= 0.6 is 0 Å². The van der Waals surface area contributed by atoms with E-state index >= 15 is 0 Å². The van der Waals surface area contributed by atoms with Crippen LogP contribution in [0.2, 0.25) is 0 Å². The first kappa shape index (κ1) is 15.8. The van der Waals surface area contributed by atoms with Gasteiger partial charge in [0.05, 0.1) is 0 Å². The zero-order valence-electron chi connectivity index (χ0n) is 13.2. The molecule has 1 amide bonds. The van der Waals surface area contributed by atoms with Crippen LogP contribution in [-0.2, 0) is 9.53 Å². The third-order valence-corrected chi connectivity index (χ3v) is 4.10. The number of ether oxygens (including phenoxy) is 2. The third kappa shape index (κ3) is 4.46. The van der Waals surface area contributed by atoms with Crippen molar-refractivity contribution in [3.63, 3.8) is 0 Å². The maximum Gasteiger partial charge on any atom is 0.263 e. The molecule has 1 aromatic carbocycles. The second kappa shape index (κ2) is 6.94. The molecule has 21 heavy (non-hydrogen) atoms. The van der Waals surface area contributed by atoms with Gasteiger partial charge in [-0.25, -0.2) is 0 Å². The molecule has 0 saturated carbocycles. The van der Waals surface area contributed by atoms with Crippen molar-refractivity contribution in [1.29, 1.82) is 0 Å². The van der Waals surface area contributed by atoms with E-state index in [0.717, 1.165) is 38.3 Å². The molecule has 1 aliphatic rings. The maximum absolute atomic E-state index is 12.4. The van der Waals surface area contributed by atoms with Crippen LogP contribution in [0, 0.1) is 5.41 Å². The van der Waals surface area contributed by atoms with Gasteiger partial charge >= 0.3 is 0 Å². The first-order valence-electron chi connectivity index (χ1n) is 7.55. The Morgan fingerprint density at radius 2 is 1.95 bits per heavy atom. The van der Waals surface area contributed by atoms with Crippen LogP contribution in [0.15, 0.2) is 30.3 Å². The Hall–Kier alpha value is -1.55. The largest absolute Gasteiger partial charge is 0.481 e. The van der Waals surface area contributed by atoms with Gasteiger partial charge in [-0.3, -0.25) is 4.79 Å². The molecule has 116 valence electrons. The minimum absolute atomic E-state index is 0.0200. The number of carbonyl (C=O) groups is 1. The van der Waals surface area contributed by atoms with E-state index in [-0.39, 0.29) is 11.3 Å². The van der Waals surface area contributed by atoms with Crippen LogP contribution in [0.3, 0.4) is 0 Å². The van der Waals surface area contributed by atoms with Crippen LogP contribution < -0.4 is 4.74 Å². The Kier molecular flexibility index (Phi) is 5.23. The third-order valence-electron chi connectivity index (χ3n) is 4.10. The molecule has 0 aliphatic carbocycles. The summed E-state index contributed by atoms with van der Waals surface area (Å²) in [6.07, 6.45) is 1.53. The Labute approximate surface area is 127 Å². The van der Waals surface area contributed by atoms with Crippen molar-refractivity contribution >= 4 is 5.91 Å². The number of carbonyl (C=O) groups excluding carboxylic acids is 1. The van der Waals surface area contributed by atoms with Gasteiger partial charge in [-0.15, -0.1) is 0 Å². The maximum atomic E-state index is 12.4. The molecule has 0 aromatic heterocycles. The molecule has 1 fully saturated rings. The van der Waals surface area contributed by atoms with E-state index in [9.17, 15) is 4.79 Å². The minimum Gasteiger partial charge on any atom is -0.481 e. The molecule has 1 saturated heterocycles. The Balaban J connectivity index is 1.89. The van der Waals surface area contributed by atoms with Crippen molar-refractivity contribution in [3.05, 3.63) is 30.3 Å². The lowest BCUT2D eigenvalue weighted by atomic mass is 9.82. The van der Waals surface area contributed by atoms with E-state index < -0.39 is 6.10 Å². The minimum atomic E-state index is -0.471. The number of benzene rings is 1. The summed E-state index contributed by atoms with van der Waals surface area (Å²) in [5, 5.41) is 0. The van der Waals surface area contributed by atoms with E-state index in [1.807, 2.05) is 37.4 Å². The van der Waals surface area contributed by atoms with Gasteiger partial charge in [-0.05, 0) is 37.3 Å². The molecule has 2 rings (SSSR count). The van der Waals surface area contributed by atoms with Crippen LogP contribution in [0.25, 0.3) is 0 Å². The Morgan fingerprint density at radius 3 is 2.57 bits per heavy atom. The molecule has 0 N–H and O–H groups in total. The van der Waals surface area contributed by atoms with E-state index in [4.69, 9.17) is 9.47 Å². The number of rotatable bonds is 5. The smallest absolute Gasteiger partial charge is 0.263 e. The predicted octanol–water partition coefficient (Wildman–Crippen LogP) is 2.73. The summed E-state index contributed by atoms with van der Waals surface area (Å²) in [6.45, 7) is 6.35. The topological polar surface area (TPSA) is 38.8 Å². The van der Waals surface area contributed by atoms with Crippen molar-refractivity contribution < 1.29 is 14.3 Å². The van der Waals surface area contributed by atoms with Gasteiger partial charge in [-0.2, -0.15) is 0 Å². The SMILES string of the molecule is CC(Oc1ccccc1)C(=O)N(C)CC1(C)CCOCC1. The second-order valence-corrected chi connectivity index (χ2v) is 6.19. The van der Waals surface area contributed by atoms with Gasteiger partial charge in [0.2, 0.25) is 0 Å². The zero-order valence-corrected chi connectivity index (χ0v) is 13.2. The summed E-state index contributed by atoms with van der Waals surface area (Å²) < 4.78 is 11.1. The molecule has 0 spiro atoms. The molecule has 0 bridgehead atoms. The molecule has 0 radical (unpaired) electrons. The molecule has 1 heterocycles. The highest BCUT2D eigenvalue weighted by Crippen LogP contribution is 2.30. The molecule has 1 aliphatic heterocycles. The Morgan fingerprint density at radius 1 is 1.33 bits per heavy atom. The number of amides is 1. The highest BCUT2D eigenvalue weighted by Gasteiger charge is 2.31. The fourth-order valence-electron chi connectivity index (χ4n) is 2.74. The van der Waals surface area contributed by atoms with E-state index in [1.165, 1.54) is 0 Å². The lowest BCUT2D eigenvalue weighted by molar-refractivity contribution is -0.138. The monoisotopic (exact) mass is 291 g/mol. The molecule has 1 aromatic rings. The summed E-state index contributed by atoms with van der Waals surface area (Å²) in [7, 11) is 1.86. The molecule has 1 atom stereocenters. The number of nitrogens with zero attached hydrogens (tertiary/aromatic N) is 1. The fourth-order valence-corrected chi connectivity index (χ4v) is 2.74. The van der Waals surface area contributed by atoms with Crippen LogP contribution in [0.5, 0.6) is 5.75 Å². The van der Waals surface area contributed by atoms with Gasteiger partial charge in [0, 0.05) is 26.8 Å². The number of hydrogen-bond acceptors (Lipinski definition) is 3. The van der Waals surface area contributed by atoms with Crippen molar-refractivity contribution in [2.45, 2.75) is 32.8 Å². The number of hydrogen-bond donors (Lipinski definition) is 0. The Bertz CT molecular complexity index is 454. The first-order valence-corrected chi connectivity index (χ1v) is 7.55.